The largest absolute Gasteiger partial charge is 0.465 e. The number of carbonyl (C=O) groups excluding carboxylic acids is 1. The van der Waals surface area contributed by atoms with Crippen LogP contribution in [-0.2, 0) is 16.1 Å². The molecule has 7 heteroatoms. The number of nitrogens with zero attached hydrogens (tertiary/aromatic N) is 2. The lowest BCUT2D eigenvalue weighted by Gasteiger charge is -2.14. The molecule has 0 fully saturated rings. The topological polar surface area (TPSA) is 87.2 Å². The van der Waals surface area contributed by atoms with E-state index in [9.17, 15) is 9.59 Å². The molecule has 0 atom stereocenters. The van der Waals surface area contributed by atoms with Crippen molar-refractivity contribution in [1.82, 2.24) is 9.55 Å². The molecule has 0 aliphatic rings. The minimum absolute atomic E-state index is 0.0819. The SMILES string of the molecule is CCOC(=O)CSc1nc(=O)cc(N)n1Cc1ccccc1. The van der Waals surface area contributed by atoms with E-state index in [1.54, 1.807) is 11.5 Å². The summed E-state index contributed by atoms with van der Waals surface area (Å²) < 4.78 is 6.59. The van der Waals surface area contributed by atoms with E-state index in [1.165, 1.54) is 6.07 Å². The molecule has 2 aromatic rings. The van der Waals surface area contributed by atoms with Gasteiger partial charge in [-0.05, 0) is 12.5 Å². The highest BCUT2D eigenvalue weighted by molar-refractivity contribution is 7.99. The zero-order valence-corrected chi connectivity index (χ0v) is 13.0. The molecule has 0 unspecified atom stereocenters. The second-order valence-electron chi connectivity index (χ2n) is 4.47. The number of aromatic nitrogens is 2. The highest BCUT2D eigenvalue weighted by Gasteiger charge is 2.11. The number of benzene rings is 1. The van der Waals surface area contributed by atoms with Crippen LogP contribution in [0.3, 0.4) is 0 Å². The van der Waals surface area contributed by atoms with Crippen LogP contribution in [0.5, 0.6) is 0 Å². The van der Waals surface area contributed by atoms with Gasteiger partial charge in [0.2, 0.25) is 0 Å². The minimum atomic E-state index is -0.423. The molecule has 2 rings (SSSR count). The number of nitrogen functional groups attached to an aromatic ring is 1. The Hall–Kier alpha value is -2.28. The van der Waals surface area contributed by atoms with Crippen molar-refractivity contribution in [2.45, 2.75) is 18.6 Å². The lowest BCUT2D eigenvalue weighted by atomic mass is 10.2. The van der Waals surface area contributed by atoms with E-state index in [2.05, 4.69) is 4.98 Å². The van der Waals surface area contributed by atoms with Crippen molar-refractivity contribution in [1.29, 1.82) is 0 Å². The predicted molar refractivity (Wildman–Crippen MR) is 85.8 cm³/mol. The maximum Gasteiger partial charge on any atom is 0.316 e. The molecule has 0 saturated carbocycles. The van der Waals surface area contributed by atoms with Gasteiger partial charge in [-0.25, -0.2) is 0 Å². The molecule has 0 spiro atoms. The van der Waals surface area contributed by atoms with E-state index in [4.69, 9.17) is 10.5 Å². The fourth-order valence-electron chi connectivity index (χ4n) is 1.86. The molecule has 116 valence electrons. The Morgan fingerprint density at radius 3 is 2.77 bits per heavy atom. The van der Waals surface area contributed by atoms with Crippen LogP contribution in [0.1, 0.15) is 12.5 Å². The zero-order chi connectivity index (χ0) is 15.9. The highest BCUT2D eigenvalue weighted by atomic mass is 32.2. The van der Waals surface area contributed by atoms with Crippen LogP contribution < -0.4 is 11.3 Å². The third-order valence-electron chi connectivity index (χ3n) is 2.83. The number of hydrogen-bond acceptors (Lipinski definition) is 6. The van der Waals surface area contributed by atoms with Crippen molar-refractivity contribution >= 4 is 23.5 Å². The molecule has 2 N–H and O–H groups in total. The quantitative estimate of drug-likeness (QED) is 0.493. The number of thioether (sulfide) groups is 1. The average Bonchev–Trinajstić information content (AvgIpc) is 2.49. The number of rotatable bonds is 6. The Morgan fingerprint density at radius 2 is 2.09 bits per heavy atom. The van der Waals surface area contributed by atoms with Crippen molar-refractivity contribution < 1.29 is 9.53 Å². The summed E-state index contributed by atoms with van der Waals surface area (Å²) in [5.41, 5.74) is 6.53. The maximum absolute atomic E-state index is 11.6. The summed E-state index contributed by atoms with van der Waals surface area (Å²) in [6, 6.07) is 11.0. The van der Waals surface area contributed by atoms with Gasteiger partial charge in [0.15, 0.2) is 5.16 Å². The Bertz CT molecular complexity index is 701. The monoisotopic (exact) mass is 319 g/mol. The summed E-state index contributed by atoms with van der Waals surface area (Å²) >= 11 is 1.14. The van der Waals surface area contributed by atoms with Gasteiger partial charge in [0.05, 0.1) is 18.9 Å². The minimum Gasteiger partial charge on any atom is -0.465 e. The van der Waals surface area contributed by atoms with Crippen molar-refractivity contribution in [3.63, 3.8) is 0 Å². The van der Waals surface area contributed by atoms with Crippen LogP contribution in [0.15, 0.2) is 46.3 Å². The normalized spacial score (nSPS) is 10.4. The summed E-state index contributed by atoms with van der Waals surface area (Å²) in [5.74, 6) is 0.0454. The van der Waals surface area contributed by atoms with E-state index in [0.29, 0.717) is 24.1 Å². The van der Waals surface area contributed by atoms with Crippen LogP contribution in [0.2, 0.25) is 0 Å². The second-order valence-corrected chi connectivity index (χ2v) is 5.41. The van der Waals surface area contributed by atoms with Gasteiger partial charge < -0.3 is 15.0 Å². The molecule has 0 bridgehead atoms. The third kappa shape index (κ3) is 4.36. The van der Waals surface area contributed by atoms with Crippen LogP contribution in [0.25, 0.3) is 0 Å². The molecule has 0 amide bonds. The van der Waals surface area contributed by atoms with Crippen molar-refractivity contribution in [2.24, 2.45) is 0 Å². The van der Waals surface area contributed by atoms with E-state index in [-0.39, 0.29) is 11.7 Å². The standard InChI is InChI=1S/C15H17N3O3S/c1-2-21-14(20)10-22-15-17-13(19)8-12(16)18(15)9-11-6-4-3-5-7-11/h3-8H,2,9-10,16H2,1H3. The first-order valence-electron chi connectivity index (χ1n) is 6.80. The summed E-state index contributed by atoms with van der Waals surface area (Å²) in [4.78, 5) is 27.0. The van der Waals surface area contributed by atoms with Crippen LogP contribution in [0.4, 0.5) is 5.82 Å². The Kier molecular flexibility index (Phi) is 5.60. The molecule has 1 aromatic heterocycles. The van der Waals surface area contributed by atoms with E-state index < -0.39 is 5.56 Å². The summed E-state index contributed by atoms with van der Waals surface area (Å²) in [6.07, 6.45) is 0. The fraction of sp³-hybridized carbons (Fsp3) is 0.267. The fourth-order valence-corrected chi connectivity index (χ4v) is 2.67. The first-order chi connectivity index (χ1) is 10.6. The summed E-state index contributed by atoms with van der Waals surface area (Å²) in [6.45, 7) is 2.54. The molecule has 0 aliphatic carbocycles. The molecule has 22 heavy (non-hydrogen) atoms. The number of hydrogen-bond donors (Lipinski definition) is 1. The number of esters is 1. The average molecular weight is 319 g/mol. The van der Waals surface area contributed by atoms with Crippen molar-refractivity contribution in [3.8, 4) is 0 Å². The van der Waals surface area contributed by atoms with E-state index in [0.717, 1.165) is 17.3 Å². The molecule has 1 heterocycles. The molecular weight excluding hydrogens is 302 g/mol. The second kappa shape index (κ2) is 7.65. The first kappa shape index (κ1) is 16.1. The van der Waals surface area contributed by atoms with Crippen LogP contribution in [-0.4, -0.2) is 27.9 Å². The van der Waals surface area contributed by atoms with Crippen LogP contribution in [0, 0.1) is 0 Å². The van der Waals surface area contributed by atoms with Gasteiger partial charge in [-0.2, -0.15) is 4.98 Å². The Balaban J connectivity index is 2.24. The van der Waals surface area contributed by atoms with Gasteiger partial charge in [0, 0.05) is 6.07 Å². The van der Waals surface area contributed by atoms with E-state index in [1.807, 2.05) is 30.3 Å². The third-order valence-corrected chi connectivity index (χ3v) is 3.78. The number of anilines is 1. The molecular formula is C15H17N3O3S. The molecule has 0 aliphatic heterocycles. The van der Waals surface area contributed by atoms with Gasteiger partial charge in [-0.3, -0.25) is 9.59 Å². The van der Waals surface area contributed by atoms with Crippen molar-refractivity contribution in [2.75, 3.05) is 18.1 Å². The van der Waals surface area contributed by atoms with Gasteiger partial charge in [0.1, 0.15) is 5.82 Å². The van der Waals surface area contributed by atoms with E-state index >= 15 is 0 Å². The predicted octanol–water partition coefficient (Wildman–Crippen LogP) is 1.53. The molecule has 1 aromatic carbocycles. The smallest absolute Gasteiger partial charge is 0.316 e. The van der Waals surface area contributed by atoms with Gasteiger partial charge >= 0.3 is 5.97 Å². The molecule has 0 saturated heterocycles. The lowest BCUT2D eigenvalue weighted by molar-refractivity contribution is -0.139. The van der Waals surface area contributed by atoms with Gasteiger partial charge in [-0.15, -0.1) is 0 Å². The Morgan fingerprint density at radius 1 is 1.36 bits per heavy atom. The summed E-state index contributed by atoms with van der Waals surface area (Å²) in [7, 11) is 0. The molecule has 6 nitrogen and oxygen atoms in total. The van der Waals surface area contributed by atoms with Gasteiger partial charge in [-0.1, -0.05) is 42.1 Å². The Labute approximate surface area is 132 Å². The highest BCUT2D eigenvalue weighted by Crippen LogP contribution is 2.19. The van der Waals surface area contributed by atoms with Gasteiger partial charge in [0.25, 0.3) is 5.56 Å². The first-order valence-corrected chi connectivity index (χ1v) is 7.78. The summed E-state index contributed by atoms with van der Waals surface area (Å²) in [5, 5.41) is 0.405. The van der Waals surface area contributed by atoms with Crippen LogP contribution >= 0.6 is 11.8 Å². The number of carbonyl (C=O) groups is 1. The lowest BCUT2D eigenvalue weighted by Crippen LogP contribution is -2.19. The zero-order valence-electron chi connectivity index (χ0n) is 12.2. The molecule has 0 radical (unpaired) electrons. The number of ether oxygens (including phenoxy) is 1. The maximum atomic E-state index is 11.6. The number of nitrogens with two attached hydrogens (primary N) is 1. The van der Waals surface area contributed by atoms with Crippen molar-refractivity contribution in [3.05, 3.63) is 52.3 Å².